The van der Waals surface area contributed by atoms with E-state index in [1.807, 2.05) is 25.3 Å². The highest BCUT2D eigenvalue weighted by Gasteiger charge is 2.12. The molecular formula is C14H16N2O3. The number of carboxylic acid groups (broad SMARTS) is 1. The van der Waals surface area contributed by atoms with Gasteiger partial charge in [-0.3, -0.25) is 4.98 Å². The van der Waals surface area contributed by atoms with Crippen LogP contribution in [-0.2, 0) is 13.1 Å². The lowest BCUT2D eigenvalue weighted by Crippen LogP contribution is -2.13. The van der Waals surface area contributed by atoms with Crippen LogP contribution >= 0.6 is 0 Å². The number of carbonyl (C=O) groups is 1. The molecule has 0 aliphatic carbocycles. The van der Waals surface area contributed by atoms with Gasteiger partial charge in [-0.2, -0.15) is 0 Å². The molecule has 0 spiro atoms. The minimum atomic E-state index is -1.04. The van der Waals surface area contributed by atoms with Crippen molar-refractivity contribution in [3.63, 3.8) is 0 Å². The van der Waals surface area contributed by atoms with Crippen molar-refractivity contribution >= 4 is 5.97 Å². The van der Waals surface area contributed by atoms with Gasteiger partial charge in [0.2, 0.25) is 5.76 Å². The zero-order valence-corrected chi connectivity index (χ0v) is 10.9. The maximum Gasteiger partial charge on any atom is 0.371 e. The molecule has 0 amide bonds. The van der Waals surface area contributed by atoms with E-state index in [1.54, 1.807) is 13.0 Å². The molecule has 19 heavy (non-hydrogen) atoms. The number of pyridine rings is 1. The molecule has 0 aliphatic rings. The van der Waals surface area contributed by atoms with Gasteiger partial charge in [0, 0.05) is 30.5 Å². The number of nitrogens with zero attached hydrogens (tertiary/aromatic N) is 1. The Morgan fingerprint density at radius 3 is 2.74 bits per heavy atom. The van der Waals surface area contributed by atoms with Crippen LogP contribution in [-0.4, -0.2) is 16.1 Å². The number of furan rings is 1. The molecule has 0 atom stereocenters. The molecule has 0 unspecified atom stereocenters. The molecule has 0 fully saturated rings. The number of nitrogens with one attached hydrogen (secondary N) is 1. The van der Waals surface area contributed by atoms with Crippen LogP contribution in [0.3, 0.4) is 0 Å². The topological polar surface area (TPSA) is 75.4 Å². The fourth-order valence-corrected chi connectivity index (χ4v) is 1.75. The second-order valence-corrected chi connectivity index (χ2v) is 4.41. The summed E-state index contributed by atoms with van der Waals surface area (Å²) in [5.41, 5.74) is 2.93. The lowest BCUT2D eigenvalue weighted by molar-refractivity contribution is 0.0661. The van der Waals surface area contributed by atoms with E-state index < -0.39 is 5.97 Å². The van der Waals surface area contributed by atoms with Gasteiger partial charge >= 0.3 is 5.97 Å². The van der Waals surface area contributed by atoms with Crippen molar-refractivity contribution in [2.45, 2.75) is 26.9 Å². The zero-order valence-electron chi connectivity index (χ0n) is 10.9. The van der Waals surface area contributed by atoms with Crippen molar-refractivity contribution in [3.05, 3.63) is 52.7 Å². The van der Waals surface area contributed by atoms with Crippen LogP contribution in [0.4, 0.5) is 0 Å². The Morgan fingerprint density at radius 2 is 2.16 bits per heavy atom. The molecule has 5 nitrogen and oxygen atoms in total. The molecule has 0 bridgehead atoms. The maximum absolute atomic E-state index is 10.8. The fourth-order valence-electron chi connectivity index (χ4n) is 1.75. The van der Waals surface area contributed by atoms with Crippen LogP contribution in [0.1, 0.15) is 33.1 Å². The zero-order chi connectivity index (χ0) is 13.8. The van der Waals surface area contributed by atoms with Gasteiger partial charge in [-0.15, -0.1) is 0 Å². The van der Waals surface area contributed by atoms with Gasteiger partial charge in [-0.05, 0) is 31.5 Å². The molecule has 2 heterocycles. The van der Waals surface area contributed by atoms with E-state index in [2.05, 4.69) is 10.3 Å². The second kappa shape index (κ2) is 5.67. The van der Waals surface area contributed by atoms with E-state index in [9.17, 15) is 4.79 Å². The predicted molar refractivity (Wildman–Crippen MR) is 69.9 cm³/mol. The number of aryl methyl sites for hydroxylation is 2. The second-order valence-electron chi connectivity index (χ2n) is 4.41. The molecule has 2 N–H and O–H groups in total. The first-order valence-corrected chi connectivity index (χ1v) is 6.01. The molecular weight excluding hydrogens is 244 g/mol. The van der Waals surface area contributed by atoms with E-state index >= 15 is 0 Å². The highest BCUT2D eigenvalue weighted by atomic mass is 16.4. The average Bonchev–Trinajstić information content (AvgIpc) is 2.74. The Labute approximate surface area is 111 Å². The molecule has 100 valence electrons. The fraction of sp³-hybridized carbons (Fsp3) is 0.286. The van der Waals surface area contributed by atoms with E-state index in [-0.39, 0.29) is 5.76 Å². The summed E-state index contributed by atoms with van der Waals surface area (Å²) in [5.74, 6) is -0.435. The molecule has 2 aromatic heterocycles. The average molecular weight is 260 g/mol. The number of aromatic carboxylic acids is 1. The third-order valence-corrected chi connectivity index (χ3v) is 2.85. The van der Waals surface area contributed by atoms with Crippen molar-refractivity contribution in [1.82, 2.24) is 10.3 Å². The van der Waals surface area contributed by atoms with E-state index in [4.69, 9.17) is 9.52 Å². The van der Waals surface area contributed by atoms with Crippen LogP contribution in [0.25, 0.3) is 0 Å². The van der Waals surface area contributed by atoms with Gasteiger partial charge < -0.3 is 14.8 Å². The molecule has 0 aliphatic heterocycles. The molecule has 5 heteroatoms. The highest BCUT2D eigenvalue weighted by Crippen LogP contribution is 2.14. The minimum absolute atomic E-state index is 0.0219. The molecule has 2 rings (SSSR count). The number of hydrogen-bond donors (Lipinski definition) is 2. The standard InChI is InChI=1S/C14H16N2O3/c1-9-3-4-11(7-16-9)6-15-8-12-5-13(14(17)18)19-10(12)2/h3-5,7,15H,6,8H2,1-2H3,(H,17,18). The number of aromatic nitrogens is 1. The number of rotatable bonds is 5. The van der Waals surface area contributed by atoms with E-state index in [0.29, 0.717) is 18.8 Å². The SMILES string of the molecule is Cc1ccc(CNCc2cc(C(=O)O)oc2C)cn1. The number of carboxylic acids is 1. The first-order valence-electron chi connectivity index (χ1n) is 6.01. The van der Waals surface area contributed by atoms with Crippen molar-refractivity contribution in [2.75, 3.05) is 0 Å². The van der Waals surface area contributed by atoms with Crippen LogP contribution in [0.5, 0.6) is 0 Å². The first-order chi connectivity index (χ1) is 9.06. The summed E-state index contributed by atoms with van der Waals surface area (Å²) in [6, 6.07) is 5.53. The summed E-state index contributed by atoms with van der Waals surface area (Å²) in [5, 5.41) is 12.1. The van der Waals surface area contributed by atoms with Gasteiger partial charge in [0.25, 0.3) is 0 Å². The Kier molecular flexibility index (Phi) is 3.97. The van der Waals surface area contributed by atoms with Crippen molar-refractivity contribution in [2.24, 2.45) is 0 Å². The van der Waals surface area contributed by atoms with Crippen molar-refractivity contribution < 1.29 is 14.3 Å². The number of hydrogen-bond acceptors (Lipinski definition) is 4. The Hall–Kier alpha value is -2.14. The quantitative estimate of drug-likeness (QED) is 0.862. The van der Waals surface area contributed by atoms with Crippen LogP contribution in [0.2, 0.25) is 0 Å². The Bertz CT molecular complexity index is 573. The highest BCUT2D eigenvalue weighted by molar-refractivity contribution is 5.84. The van der Waals surface area contributed by atoms with Gasteiger partial charge in [0.1, 0.15) is 5.76 Å². The predicted octanol–water partition coefficient (Wildman–Crippen LogP) is 2.28. The Balaban J connectivity index is 1.92. The van der Waals surface area contributed by atoms with Gasteiger partial charge in [-0.25, -0.2) is 4.79 Å². The van der Waals surface area contributed by atoms with Gasteiger partial charge in [0.15, 0.2) is 0 Å². The third-order valence-electron chi connectivity index (χ3n) is 2.85. The minimum Gasteiger partial charge on any atom is -0.475 e. The molecule has 0 saturated heterocycles. The molecule has 0 saturated carbocycles. The summed E-state index contributed by atoms with van der Waals surface area (Å²) in [6.07, 6.45) is 1.83. The summed E-state index contributed by atoms with van der Waals surface area (Å²) < 4.78 is 5.14. The van der Waals surface area contributed by atoms with Crippen LogP contribution in [0.15, 0.2) is 28.8 Å². The van der Waals surface area contributed by atoms with Crippen molar-refractivity contribution in [3.8, 4) is 0 Å². The van der Waals surface area contributed by atoms with Gasteiger partial charge in [-0.1, -0.05) is 6.07 Å². The van der Waals surface area contributed by atoms with Crippen LogP contribution in [0, 0.1) is 13.8 Å². The third kappa shape index (κ3) is 3.42. The first kappa shape index (κ1) is 13.3. The molecule has 0 radical (unpaired) electrons. The van der Waals surface area contributed by atoms with E-state index in [0.717, 1.165) is 16.8 Å². The lowest BCUT2D eigenvalue weighted by atomic mass is 10.2. The van der Waals surface area contributed by atoms with Crippen molar-refractivity contribution in [1.29, 1.82) is 0 Å². The summed E-state index contributed by atoms with van der Waals surface area (Å²) >= 11 is 0. The van der Waals surface area contributed by atoms with E-state index in [1.165, 1.54) is 0 Å². The van der Waals surface area contributed by atoms with Crippen LogP contribution < -0.4 is 5.32 Å². The largest absolute Gasteiger partial charge is 0.475 e. The smallest absolute Gasteiger partial charge is 0.371 e. The molecule has 0 aromatic carbocycles. The summed E-state index contributed by atoms with van der Waals surface area (Å²) in [4.78, 5) is 15.0. The Morgan fingerprint density at radius 1 is 1.37 bits per heavy atom. The maximum atomic E-state index is 10.8. The summed E-state index contributed by atoms with van der Waals surface area (Å²) in [7, 11) is 0. The van der Waals surface area contributed by atoms with Gasteiger partial charge in [0.05, 0.1) is 0 Å². The normalized spacial score (nSPS) is 10.6. The summed E-state index contributed by atoms with van der Waals surface area (Å²) in [6.45, 7) is 4.95. The monoisotopic (exact) mass is 260 g/mol. The lowest BCUT2D eigenvalue weighted by Gasteiger charge is -2.04. The molecule has 2 aromatic rings.